The number of hydrogen-bond acceptors (Lipinski definition) is 12. The Kier molecular flexibility index (Phi) is 16.9. The van der Waals surface area contributed by atoms with Crippen LogP contribution in [0, 0.1) is 24.0 Å². The lowest BCUT2D eigenvalue weighted by molar-refractivity contribution is -0.144. The molecule has 3 aromatic carbocycles. The van der Waals surface area contributed by atoms with E-state index in [0.29, 0.717) is 12.1 Å². The molecule has 2 aliphatic heterocycles. The summed E-state index contributed by atoms with van der Waals surface area (Å²) in [5.41, 5.74) is 7.56. The Hall–Kier alpha value is -5.57. The molecule has 15 nitrogen and oxygen atoms in total. The summed E-state index contributed by atoms with van der Waals surface area (Å²) in [5.74, 6) is -3.03. The molecule has 0 unspecified atom stereocenters. The Morgan fingerprint density at radius 3 is 2.23 bits per heavy atom. The highest BCUT2D eigenvalue weighted by atomic mass is 32.1. The van der Waals surface area contributed by atoms with Crippen molar-refractivity contribution in [1.82, 2.24) is 30.5 Å². The SMILES string of the molecule is Cc1ncsc1-c1ccc(N(NC(=O)[C@@H]2C[C@@H](O)CN2C(=O)[C@@H](NC(=O)COCCOCCOCCOc2cc(F)c([C@@H]3c4[nH]c5ccccc5c4C[C@@H](C)N3CC(C)(C)F)c(F)c2)C(C)(C)C)C2CC2)cc1. The number of alkyl halides is 1. The second-order valence-corrected chi connectivity index (χ2v) is 21.8. The highest BCUT2D eigenvalue weighted by Crippen LogP contribution is 2.44. The van der Waals surface area contributed by atoms with E-state index in [1.165, 1.54) is 18.7 Å². The number of H-pyrrole nitrogens is 1. The standard InChI is InChI=1S/C54H68F3N7O8S/c1-32-24-40-39-10-8-9-11-43(39)59-47(40)48(63(32)30-54(6,7)57)46-41(55)26-38(27-42(46)56)72-23-22-70-19-18-69-20-21-71-29-45(66)60-50(53(3,4)5)52(68)62-28-37(65)25-44(62)51(67)61-64(36-16-17-36)35-14-12-34(13-15-35)49-33(2)58-31-73-49/h8-15,26-27,31-32,36-37,44,48,50,59,65H,16-25,28-30H2,1-7H3,(H,60,66)(H,61,67)/t32-,37-,44+,48-,50-/m1/s1. The Morgan fingerprint density at radius 1 is 0.945 bits per heavy atom. The number of para-hydroxylation sites is 1. The third kappa shape index (κ3) is 13.0. The van der Waals surface area contributed by atoms with Gasteiger partial charge in [-0.25, -0.2) is 18.2 Å². The van der Waals surface area contributed by atoms with Crippen LogP contribution in [0.25, 0.3) is 21.3 Å². The van der Waals surface area contributed by atoms with E-state index < -0.39 is 64.7 Å². The highest BCUT2D eigenvalue weighted by Gasteiger charge is 2.46. The van der Waals surface area contributed by atoms with Gasteiger partial charge in [-0.15, -0.1) is 11.3 Å². The number of aromatic amines is 1. The number of β-amino-alcohol motifs (C(OH)–C–C–N with tert-alkyl or cyclic N) is 1. The van der Waals surface area contributed by atoms with Crippen molar-refractivity contribution in [3.63, 3.8) is 0 Å². The molecule has 394 valence electrons. The minimum absolute atomic E-state index is 0.00480. The Labute approximate surface area is 428 Å². The number of thiazole rings is 1. The number of nitrogens with zero attached hydrogens (tertiary/aromatic N) is 4. The van der Waals surface area contributed by atoms with Crippen molar-refractivity contribution in [2.24, 2.45) is 5.41 Å². The predicted molar refractivity (Wildman–Crippen MR) is 273 cm³/mol. The number of fused-ring (bicyclic) bond motifs is 3. The second-order valence-electron chi connectivity index (χ2n) is 21.0. The maximum absolute atomic E-state index is 16.0. The fraction of sp³-hybridized carbons (Fsp3) is 0.519. The fourth-order valence-corrected chi connectivity index (χ4v) is 10.6. The van der Waals surface area contributed by atoms with Gasteiger partial charge >= 0.3 is 0 Å². The van der Waals surface area contributed by atoms with Gasteiger partial charge in [0, 0.05) is 59.8 Å². The van der Waals surface area contributed by atoms with Gasteiger partial charge in [-0.05, 0) is 81.7 Å². The molecule has 5 atom stereocenters. The smallest absolute Gasteiger partial charge is 0.261 e. The zero-order chi connectivity index (χ0) is 52.2. The molecule has 19 heteroatoms. The van der Waals surface area contributed by atoms with Gasteiger partial charge in [0.15, 0.2) is 0 Å². The Bertz CT molecular complexity index is 2700. The molecule has 5 aromatic rings. The number of amides is 3. The van der Waals surface area contributed by atoms with Crippen LogP contribution in [0.2, 0.25) is 0 Å². The van der Waals surface area contributed by atoms with Gasteiger partial charge in [0.25, 0.3) is 5.91 Å². The Balaban J connectivity index is 0.753. The molecule has 0 bridgehead atoms. The maximum Gasteiger partial charge on any atom is 0.261 e. The monoisotopic (exact) mass is 1030 g/mol. The molecule has 4 N–H and O–H groups in total. The topological polar surface area (TPSA) is 171 Å². The molecule has 1 saturated heterocycles. The number of benzene rings is 3. The number of nitrogens with one attached hydrogen (secondary N) is 3. The molecular formula is C54H68F3N7O8S. The van der Waals surface area contributed by atoms with E-state index in [1.807, 2.05) is 98.6 Å². The van der Waals surface area contributed by atoms with Gasteiger partial charge in [-0.2, -0.15) is 0 Å². The van der Waals surface area contributed by atoms with E-state index in [2.05, 4.69) is 20.7 Å². The lowest BCUT2D eigenvalue weighted by Crippen LogP contribution is -2.59. The Morgan fingerprint density at radius 2 is 1.60 bits per heavy atom. The molecule has 0 radical (unpaired) electrons. The summed E-state index contributed by atoms with van der Waals surface area (Å²) < 4.78 is 69.6. The molecule has 3 aliphatic rings. The van der Waals surface area contributed by atoms with Crippen LogP contribution in [-0.4, -0.2) is 138 Å². The number of rotatable bonds is 22. The van der Waals surface area contributed by atoms with Crippen molar-refractivity contribution in [2.45, 2.75) is 116 Å². The third-order valence-electron chi connectivity index (χ3n) is 13.5. The lowest BCUT2D eigenvalue weighted by atomic mass is 9.85. The van der Waals surface area contributed by atoms with Crippen LogP contribution in [0.1, 0.15) is 89.4 Å². The molecule has 0 spiro atoms. The summed E-state index contributed by atoms with van der Waals surface area (Å²) in [6, 6.07) is 15.0. The molecule has 1 aliphatic carbocycles. The second kappa shape index (κ2) is 22.9. The van der Waals surface area contributed by atoms with E-state index >= 15 is 13.2 Å². The van der Waals surface area contributed by atoms with Crippen molar-refractivity contribution in [1.29, 1.82) is 0 Å². The van der Waals surface area contributed by atoms with Gasteiger partial charge in [0.1, 0.15) is 48.4 Å². The zero-order valence-corrected chi connectivity index (χ0v) is 43.5. The molecule has 8 rings (SSSR count). The van der Waals surface area contributed by atoms with Crippen molar-refractivity contribution in [3.8, 4) is 16.2 Å². The summed E-state index contributed by atoms with van der Waals surface area (Å²) in [7, 11) is 0. The van der Waals surface area contributed by atoms with Crippen LogP contribution in [0.4, 0.5) is 18.9 Å². The number of carbonyl (C=O) groups excluding carboxylic acids is 3. The van der Waals surface area contributed by atoms with Crippen LogP contribution in [-0.2, 0) is 35.0 Å². The largest absolute Gasteiger partial charge is 0.491 e. The molecule has 1 saturated carbocycles. The minimum atomic E-state index is -1.61. The number of likely N-dealkylation sites (tertiary alicyclic amines) is 1. The lowest BCUT2D eigenvalue weighted by Gasteiger charge is -2.43. The fourth-order valence-electron chi connectivity index (χ4n) is 9.80. The number of anilines is 1. The normalized spacial score (nSPS) is 19.7. The van der Waals surface area contributed by atoms with Crippen LogP contribution in [0.5, 0.6) is 5.75 Å². The third-order valence-corrected chi connectivity index (χ3v) is 14.4. The van der Waals surface area contributed by atoms with Gasteiger partial charge in [0.2, 0.25) is 11.8 Å². The molecular weight excluding hydrogens is 964 g/mol. The number of aliphatic hydroxyl groups is 1. The van der Waals surface area contributed by atoms with Crippen molar-refractivity contribution in [2.75, 3.05) is 64.3 Å². The number of aromatic nitrogens is 2. The number of ether oxygens (including phenoxy) is 4. The summed E-state index contributed by atoms with van der Waals surface area (Å²) in [6.45, 7) is 12.6. The minimum Gasteiger partial charge on any atom is -0.491 e. The summed E-state index contributed by atoms with van der Waals surface area (Å²) in [5, 5.41) is 16.3. The first-order valence-corrected chi connectivity index (χ1v) is 25.9. The number of aliphatic hydroxyl groups excluding tert-OH is 1. The average Bonchev–Trinajstić information content (AvgIpc) is 3.79. The number of hydrazine groups is 1. The van der Waals surface area contributed by atoms with Gasteiger partial charge in [-0.1, -0.05) is 51.1 Å². The van der Waals surface area contributed by atoms with Crippen molar-refractivity contribution in [3.05, 3.63) is 100 Å². The van der Waals surface area contributed by atoms with Crippen LogP contribution < -0.4 is 20.5 Å². The molecule has 2 fully saturated rings. The number of carbonyl (C=O) groups is 3. The number of halogens is 3. The quantitative estimate of drug-likeness (QED) is 0.0398. The first-order valence-electron chi connectivity index (χ1n) is 25.0. The first kappa shape index (κ1) is 53.7. The van der Waals surface area contributed by atoms with Gasteiger partial charge < -0.3 is 39.3 Å². The number of aryl methyl sites for hydroxylation is 1. The number of hydrogen-bond donors (Lipinski definition) is 4. The maximum atomic E-state index is 16.0. The molecule has 73 heavy (non-hydrogen) atoms. The summed E-state index contributed by atoms with van der Waals surface area (Å²) >= 11 is 1.57. The van der Waals surface area contributed by atoms with Gasteiger partial charge in [0.05, 0.1) is 73.0 Å². The van der Waals surface area contributed by atoms with Crippen molar-refractivity contribution >= 4 is 45.6 Å². The van der Waals surface area contributed by atoms with E-state index in [1.54, 1.807) is 11.3 Å². The van der Waals surface area contributed by atoms with E-state index in [0.717, 1.165) is 63.3 Å². The predicted octanol–water partition coefficient (Wildman–Crippen LogP) is 7.58. The zero-order valence-electron chi connectivity index (χ0n) is 42.6. The van der Waals surface area contributed by atoms with E-state index in [-0.39, 0.29) is 89.2 Å². The van der Waals surface area contributed by atoms with Crippen LogP contribution in [0.15, 0.2) is 66.2 Å². The summed E-state index contributed by atoms with van der Waals surface area (Å²) in [4.78, 5) is 53.2. The van der Waals surface area contributed by atoms with E-state index in [9.17, 15) is 19.5 Å². The van der Waals surface area contributed by atoms with Crippen LogP contribution in [0.3, 0.4) is 0 Å². The van der Waals surface area contributed by atoms with Gasteiger partial charge in [-0.3, -0.25) is 29.7 Å². The van der Waals surface area contributed by atoms with E-state index in [4.69, 9.17) is 18.9 Å². The van der Waals surface area contributed by atoms with Crippen molar-refractivity contribution < 1.29 is 51.6 Å². The molecule has 2 aromatic heterocycles. The first-order chi connectivity index (χ1) is 34.8. The highest BCUT2D eigenvalue weighted by molar-refractivity contribution is 7.13. The average molecular weight is 1030 g/mol. The van der Waals surface area contributed by atoms with Crippen LogP contribution >= 0.6 is 11.3 Å². The molecule has 3 amide bonds. The molecule has 4 heterocycles. The summed E-state index contributed by atoms with van der Waals surface area (Å²) in [6.07, 6.45) is 1.54.